The topological polar surface area (TPSA) is 58.6 Å². The van der Waals surface area contributed by atoms with Crippen LogP contribution in [0.15, 0.2) is 24.3 Å². The van der Waals surface area contributed by atoms with Crippen molar-refractivity contribution >= 4 is 5.97 Å². The van der Waals surface area contributed by atoms with Crippen LogP contribution in [0, 0.1) is 0 Å². The average Bonchev–Trinajstić information content (AvgIpc) is 2.38. The van der Waals surface area contributed by atoms with Crippen LogP contribution in [0.1, 0.15) is 25.0 Å². The number of aliphatic hydroxyl groups is 1. The van der Waals surface area contributed by atoms with Crippen molar-refractivity contribution in [1.29, 1.82) is 0 Å². The van der Waals surface area contributed by atoms with E-state index in [9.17, 15) is 9.90 Å². The molecule has 4 nitrogen and oxygen atoms in total. The Kier molecular flexibility index (Phi) is 5.31. The first-order valence-electron chi connectivity index (χ1n) is 6.09. The fraction of sp³-hybridized carbons (Fsp3) is 0.500. The molecule has 0 aromatic heterocycles. The summed E-state index contributed by atoms with van der Waals surface area (Å²) < 4.78 is 4.53. The number of nitrogens with one attached hydrogen (secondary N) is 1. The van der Waals surface area contributed by atoms with Crippen molar-refractivity contribution < 1.29 is 14.6 Å². The largest absolute Gasteiger partial charge is 0.467 e. The summed E-state index contributed by atoms with van der Waals surface area (Å²) in [4.78, 5) is 11.3. The molecular formula is C14H21NO3. The Balaban J connectivity index is 2.54. The molecule has 0 radical (unpaired) electrons. The molecule has 0 aliphatic heterocycles. The number of esters is 1. The van der Waals surface area contributed by atoms with Gasteiger partial charge in [-0.15, -0.1) is 0 Å². The fourth-order valence-electron chi connectivity index (χ4n) is 1.81. The van der Waals surface area contributed by atoms with Crippen LogP contribution in [0.3, 0.4) is 0 Å². The first kappa shape index (κ1) is 14.7. The second-order valence-corrected chi connectivity index (χ2v) is 4.49. The highest BCUT2D eigenvalue weighted by Gasteiger charge is 2.30. The standard InChI is InChI=1S/C14H21NO3/c1-4-11-7-5-6-8-12(11)9-15-10-14(2,17)13(16)18-3/h5-8,15,17H,4,9-10H2,1-3H3. The highest BCUT2D eigenvalue weighted by atomic mass is 16.5. The maximum atomic E-state index is 11.3. The van der Waals surface area contributed by atoms with E-state index in [2.05, 4.69) is 23.0 Å². The highest BCUT2D eigenvalue weighted by molar-refractivity contribution is 5.78. The second-order valence-electron chi connectivity index (χ2n) is 4.49. The van der Waals surface area contributed by atoms with E-state index in [0.29, 0.717) is 6.54 Å². The lowest BCUT2D eigenvalue weighted by Crippen LogP contribution is -2.45. The minimum atomic E-state index is -1.49. The van der Waals surface area contributed by atoms with Crippen LogP contribution in [0.2, 0.25) is 0 Å². The lowest BCUT2D eigenvalue weighted by molar-refractivity contribution is -0.159. The molecule has 2 N–H and O–H groups in total. The smallest absolute Gasteiger partial charge is 0.338 e. The Morgan fingerprint density at radius 3 is 2.56 bits per heavy atom. The van der Waals surface area contributed by atoms with Crippen molar-refractivity contribution in [2.75, 3.05) is 13.7 Å². The third-order valence-electron chi connectivity index (χ3n) is 2.91. The molecule has 0 saturated heterocycles. The Morgan fingerprint density at radius 1 is 1.39 bits per heavy atom. The van der Waals surface area contributed by atoms with Crippen LogP contribution >= 0.6 is 0 Å². The van der Waals surface area contributed by atoms with E-state index in [1.54, 1.807) is 0 Å². The third-order valence-corrected chi connectivity index (χ3v) is 2.91. The summed E-state index contributed by atoms with van der Waals surface area (Å²) in [7, 11) is 1.27. The molecule has 0 heterocycles. The molecule has 100 valence electrons. The number of aryl methyl sites for hydroxylation is 1. The summed E-state index contributed by atoms with van der Waals surface area (Å²) in [6.07, 6.45) is 0.964. The molecule has 1 atom stereocenters. The van der Waals surface area contributed by atoms with Gasteiger partial charge in [-0.1, -0.05) is 31.2 Å². The van der Waals surface area contributed by atoms with Crippen LogP contribution in [0.5, 0.6) is 0 Å². The normalized spacial score (nSPS) is 14.0. The maximum absolute atomic E-state index is 11.3. The summed E-state index contributed by atoms with van der Waals surface area (Å²) in [5, 5.41) is 12.9. The quantitative estimate of drug-likeness (QED) is 0.747. The number of methoxy groups -OCH3 is 1. The van der Waals surface area contributed by atoms with Crippen molar-refractivity contribution in [1.82, 2.24) is 5.32 Å². The molecule has 1 rings (SSSR count). The van der Waals surface area contributed by atoms with E-state index in [-0.39, 0.29) is 6.54 Å². The monoisotopic (exact) mass is 251 g/mol. The predicted octanol–water partition coefficient (Wildman–Crippen LogP) is 1.26. The molecule has 0 amide bonds. The van der Waals surface area contributed by atoms with E-state index in [1.807, 2.05) is 18.2 Å². The first-order chi connectivity index (χ1) is 8.51. The summed E-state index contributed by atoms with van der Waals surface area (Å²) in [6.45, 7) is 4.33. The van der Waals surface area contributed by atoms with Crippen molar-refractivity contribution in [2.24, 2.45) is 0 Å². The Morgan fingerprint density at radius 2 is 2.00 bits per heavy atom. The number of ether oxygens (including phenoxy) is 1. The number of carbonyl (C=O) groups excluding carboxylic acids is 1. The molecule has 1 aromatic rings. The van der Waals surface area contributed by atoms with Gasteiger partial charge >= 0.3 is 5.97 Å². The van der Waals surface area contributed by atoms with Crippen molar-refractivity contribution in [2.45, 2.75) is 32.4 Å². The Hall–Kier alpha value is -1.39. The van der Waals surface area contributed by atoms with E-state index in [4.69, 9.17) is 0 Å². The van der Waals surface area contributed by atoms with Gasteiger partial charge in [0.25, 0.3) is 0 Å². The van der Waals surface area contributed by atoms with E-state index in [1.165, 1.54) is 25.2 Å². The zero-order valence-electron chi connectivity index (χ0n) is 11.2. The maximum Gasteiger partial charge on any atom is 0.338 e. The second kappa shape index (κ2) is 6.52. The van der Waals surface area contributed by atoms with Gasteiger partial charge in [0, 0.05) is 13.1 Å². The number of carbonyl (C=O) groups is 1. The first-order valence-corrected chi connectivity index (χ1v) is 6.09. The molecule has 0 fully saturated rings. The van der Waals surface area contributed by atoms with Gasteiger partial charge in [0.1, 0.15) is 0 Å². The zero-order chi connectivity index (χ0) is 13.6. The van der Waals surface area contributed by atoms with Gasteiger partial charge < -0.3 is 15.2 Å². The van der Waals surface area contributed by atoms with Gasteiger partial charge in [-0.3, -0.25) is 0 Å². The molecule has 1 aromatic carbocycles. The minimum Gasteiger partial charge on any atom is -0.467 e. The van der Waals surface area contributed by atoms with Gasteiger partial charge in [0.2, 0.25) is 0 Å². The molecule has 4 heteroatoms. The van der Waals surface area contributed by atoms with Crippen LogP contribution < -0.4 is 5.32 Å². The molecular weight excluding hydrogens is 230 g/mol. The van der Waals surface area contributed by atoms with E-state index < -0.39 is 11.6 Å². The summed E-state index contributed by atoms with van der Waals surface area (Å²) in [6, 6.07) is 8.11. The van der Waals surface area contributed by atoms with Crippen LogP contribution in [-0.2, 0) is 22.5 Å². The van der Waals surface area contributed by atoms with Gasteiger partial charge in [0.15, 0.2) is 5.60 Å². The zero-order valence-corrected chi connectivity index (χ0v) is 11.2. The van der Waals surface area contributed by atoms with Gasteiger partial charge in [-0.25, -0.2) is 4.79 Å². The number of hydrogen-bond donors (Lipinski definition) is 2. The molecule has 0 saturated carbocycles. The Bertz CT molecular complexity index is 402. The lowest BCUT2D eigenvalue weighted by atomic mass is 10.0. The molecule has 0 aliphatic carbocycles. The summed E-state index contributed by atoms with van der Waals surface area (Å²) >= 11 is 0. The van der Waals surface area contributed by atoms with E-state index >= 15 is 0 Å². The number of rotatable bonds is 6. The van der Waals surface area contributed by atoms with Crippen molar-refractivity contribution in [3.8, 4) is 0 Å². The number of benzene rings is 1. The summed E-state index contributed by atoms with van der Waals surface area (Å²) in [5.41, 5.74) is 0.957. The van der Waals surface area contributed by atoms with Crippen molar-refractivity contribution in [3.63, 3.8) is 0 Å². The molecule has 1 unspecified atom stereocenters. The molecule has 18 heavy (non-hydrogen) atoms. The van der Waals surface area contributed by atoms with Crippen LogP contribution in [-0.4, -0.2) is 30.3 Å². The van der Waals surface area contributed by atoms with Crippen LogP contribution in [0.4, 0.5) is 0 Å². The summed E-state index contributed by atoms with van der Waals surface area (Å²) in [5.74, 6) is -0.626. The average molecular weight is 251 g/mol. The lowest BCUT2D eigenvalue weighted by Gasteiger charge is -2.21. The highest BCUT2D eigenvalue weighted by Crippen LogP contribution is 2.10. The number of hydrogen-bond acceptors (Lipinski definition) is 4. The molecule has 0 bridgehead atoms. The van der Waals surface area contributed by atoms with Gasteiger partial charge in [0.05, 0.1) is 7.11 Å². The SMILES string of the molecule is CCc1ccccc1CNCC(C)(O)C(=O)OC. The third kappa shape index (κ3) is 3.82. The minimum absolute atomic E-state index is 0.164. The van der Waals surface area contributed by atoms with E-state index in [0.717, 1.165) is 6.42 Å². The predicted molar refractivity (Wildman–Crippen MR) is 70.2 cm³/mol. The van der Waals surface area contributed by atoms with Crippen molar-refractivity contribution in [3.05, 3.63) is 35.4 Å². The van der Waals surface area contributed by atoms with Gasteiger partial charge in [-0.2, -0.15) is 0 Å². The Labute approximate surface area is 108 Å². The van der Waals surface area contributed by atoms with Crippen LogP contribution in [0.25, 0.3) is 0 Å². The molecule has 0 aliphatic rings. The molecule has 0 spiro atoms. The fourth-order valence-corrected chi connectivity index (χ4v) is 1.81. The van der Waals surface area contributed by atoms with Gasteiger partial charge in [-0.05, 0) is 24.5 Å².